The molecule has 10 nitrogen and oxygen atoms in total. The minimum Gasteiger partial charge on any atom is -0.391 e. The van der Waals surface area contributed by atoms with E-state index in [4.69, 9.17) is 4.74 Å². The predicted molar refractivity (Wildman–Crippen MR) is 188 cm³/mol. The number of carbonyl (C=O) groups excluding carboxylic acids is 3. The van der Waals surface area contributed by atoms with Crippen molar-refractivity contribution in [1.29, 1.82) is 0 Å². The van der Waals surface area contributed by atoms with Crippen LogP contribution in [0, 0.1) is 5.82 Å². The van der Waals surface area contributed by atoms with E-state index < -0.39 is 51.5 Å². The molecule has 0 saturated carbocycles. The lowest BCUT2D eigenvalue weighted by molar-refractivity contribution is -0.186. The summed E-state index contributed by atoms with van der Waals surface area (Å²) in [5.74, 6) is -2.11. The Kier molecular flexibility index (Phi) is 9.24. The molecule has 0 aliphatic carbocycles. The van der Waals surface area contributed by atoms with Gasteiger partial charge in [0.2, 0.25) is 5.72 Å². The Bertz CT molecular complexity index is 1540. The number of nitrogens with one attached hydrogen (secondary N) is 2. The summed E-state index contributed by atoms with van der Waals surface area (Å²) in [5, 5.41) is 27.3. The second kappa shape index (κ2) is 11.9. The predicted octanol–water partition coefficient (Wildman–Crippen LogP) is -2.81. The van der Waals surface area contributed by atoms with Crippen molar-refractivity contribution in [2.45, 2.75) is 73.8 Å². The first-order chi connectivity index (χ1) is 21.1. The zero-order valence-electron chi connectivity index (χ0n) is 28.7. The Morgan fingerprint density at radius 1 is 1.07 bits per heavy atom. The number of halogens is 1. The summed E-state index contributed by atoms with van der Waals surface area (Å²) < 4.78 is 23.0. The van der Waals surface area contributed by atoms with Crippen molar-refractivity contribution in [2.24, 2.45) is 0 Å². The summed E-state index contributed by atoms with van der Waals surface area (Å²) >= 11 is 0. The number of rotatable bonds is 10. The summed E-state index contributed by atoms with van der Waals surface area (Å²) in [6.07, 6.45) is -0.133. The van der Waals surface area contributed by atoms with E-state index in [1.54, 1.807) is 40.0 Å². The van der Waals surface area contributed by atoms with Crippen LogP contribution in [-0.4, -0.2) is 114 Å². The van der Waals surface area contributed by atoms with Crippen molar-refractivity contribution < 1.29 is 33.7 Å². The van der Waals surface area contributed by atoms with Crippen LogP contribution in [0.1, 0.15) is 67.6 Å². The molecule has 2 atom stereocenters. The van der Waals surface area contributed by atoms with E-state index in [0.29, 0.717) is 41.1 Å². The summed E-state index contributed by atoms with van der Waals surface area (Å²) in [5.41, 5.74) is -4.16. The van der Waals surface area contributed by atoms with Crippen molar-refractivity contribution in [3.05, 3.63) is 64.5 Å². The second-order valence-electron chi connectivity index (χ2n) is 14.9. The molecule has 2 amide bonds. The van der Waals surface area contributed by atoms with Crippen LogP contribution >= 0.6 is 0 Å². The Morgan fingerprint density at radius 2 is 1.63 bits per heavy atom. The lowest BCUT2D eigenvalue weighted by Crippen LogP contribution is -2.65. The normalized spacial score (nSPS) is 22.5. The quantitative estimate of drug-likeness (QED) is 0.164. The molecule has 2 heterocycles. The molecule has 16 heteroatoms. The molecule has 2 aliphatic rings. The van der Waals surface area contributed by atoms with Crippen LogP contribution in [0.25, 0.3) is 0 Å². The van der Waals surface area contributed by atoms with Crippen LogP contribution in [0.2, 0.25) is 0 Å². The van der Waals surface area contributed by atoms with E-state index in [0.717, 1.165) is 0 Å². The fourth-order valence-corrected chi connectivity index (χ4v) is 7.33. The molecule has 1 fully saturated rings. The number of carbonyl (C=O) groups is 3. The number of anilines is 1. The molecule has 2 aliphatic heterocycles. The third kappa shape index (κ3) is 6.16. The molecule has 2 aromatic rings. The molecular weight excluding hydrogens is 585 g/mol. The van der Waals surface area contributed by atoms with Crippen LogP contribution < -0.4 is 10.6 Å². The number of benzene rings is 2. The average Bonchev–Trinajstić information content (AvgIpc) is 3.14. The van der Waals surface area contributed by atoms with Gasteiger partial charge in [0.25, 0.3) is 11.8 Å². The van der Waals surface area contributed by atoms with Crippen molar-refractivity contribution in [1.82, 2.24) is 15.1 Å². The summed E-state index contributed by atoms with van der Waals surface area (Å²) in [6, 6.07) is 10.1. The van der Waals surface area contributed by atoms with E-state index in [-0.39, 0.29) is 23.4 Å². The zero-order chi connectivity index (χ0) is 34.7. The maximum absolute atomic E-state index is 16.7. The Morgan fingerprint density at radius 3 is 2.20 bits per heavy atom. The number of morpholine rings is 1. The first kappa shape index (κ1) is 35.8. The third-order valence-corrected chi connectivity index (χ3v) is 9.24. The van der Waals surface area contributed by atoms with Crippen LogP contribution in [0.3, 0.4) is 0 Å². The van der Waals surface area contributed by atoms with Gasteiger partial charge in [0, 0.05) is 55.1 Å². The number of hydrogen-bond acceptors (Lipinski definition) is 8. The molecule has 2 aromatic carbocycles. The number of ether oxygens (including phenoxy) is 1. The number of fused-ring (bicyclic) bond motifs is 1. The molecule has 2 unspecified atom stereocenters. The van der Waals surface area contributed by atoms with E-state index in [1.807, 2.05) is 49.5 Å². The van der Waals surface area contributed by atoms with E-state index in [9.17, 15) is 24.6 Å². The van der Waals surface area contributed by atoms with Gasteiger partial charge in [0.05, 0.1) is 11.2 Å². The van der Waals surface area contributed by atoms with Gasteiger partial charge in [-0.3, -0.25) is 14.5 Å². The minimum atomic E-state index is -2.52. The largest absolute Gasteiger partial charge is 0.391 e. The van der Waals surface area contributed by atoms with Crippen molar-refractivity contribution >= 4 is 63.0 Å². The molecule has 0 radical (unpaired) electrons. The van der Waals surface area contributed by atoms with Gasteiger partial charge in [-0.1, -0.05) is 24.3 Å². The van der Waals surface area contributed by atoms with Gasteiger partial charge in [-0.25, -0.2) is 4.39 Å². The summed E-state index contributed by atoms with van der Waals surface area (Å²) in [4.78, 5) is 40.8. The van der Waals surface area contributed by atoms with Gasteiger partial charge >= 0.3 is 0 Å². The third-order valence-electron chi connectivity index (χ3n) is 9.24. The van der Waals surface area contributed by atoms with Crippen LogP contribution in [-0.2, 0) is 30.6 Å². The van der Waals surface area contributed by atoms with Crippen LogP contribution in [0.5, 0.6) is 0 Å². The van der Waals surface area contributed by atoms with Gasteiger partial charge in [-0.2, -0.15) is 0 Å². The first-order valence-corrected chi connectivity index (χ1v) is 15.7. The number of aliphatic hydroxyl groups is 2. The summed E-state index contributed by atoms with van der Waals surface area (Å²) in [7, 11) is 10.2. The molecule has 0 aromatic heterocycles. The smallest absolute Gasteiger partial charge is 0.273 e. The summed E-state index contributed by atoms with van der Waals surface area (Å²) in [6.45, 7) is 9.36. The zero-order valence-corrected chi connectivity index (χ0v) is 28.7. The monoisotopic (exact) mass is 630 g/mol. The van der Waals surface area contributed by atoms with Gasteiger partial charge in [-0.15, -0.1) is 0 Å². The fraction of sp³-hybridized carbons (Fsp3) is 0.500. The highest BCUT2D eigenvalue weighted by Gasteiger charge is 2.58. The number of aldehydes is 1. The SMILES string of the molecule is BC(B)(Nc1cccc2c1C(B)(O)N(C(O)(CCC=O)C(=O)NC)C2=O)c1cccc(C(B)(B)N2CC(C)(C)OC(C)(C)C2)c1F. The number of hydrogen-bond donors (Lipinski definition) is 4. The molecule has 4 rings (SSSR count). The minimum absolute atomic E-state index is 0.0622. The van der Waals surface area contributed by atoms with Gasteiger partial charge in [0.15, 0.2) is 7.85 Å². The Hall–Kier alpha value is -3.06. The highest BCUT2D eigenvalue weighted by molar-refractivity contribution is 6.42. The molecule has 1 saturated heterocycles. The molecule has 46 heavy (non-hydrogen) atoms. The highest BCUT2D eigenvalue weighted by Crippen LogP contribution is 2.45. The van der Waals surface area contributed by atoms with Crippen LogP contribution in [0.4, 0.5) is 10.1 Å². The fourth-order valence-electron chi connectivity index (χ4n) is 7.33. The highest BCUT2D eigenvalue weighted by atomic mass is 19.1. The number of amides is 2. The Labute approximate surface area is 275 Å². The average molecular weight is 630 g/mol. The van der Waals surface area contributed by atoms with Crippen LogP contribution in [0.15, 0.2) is 36.4 Å². The number of nitrogens with zero attached hydrogens (tertiary/aromatic N) is 2. The lowest BCUT2D eigenvalue weighted by Gasteiger charge is -2.53. The van der Waals surface area contributed by atoms with Gasteiger partial charge in [0.1, 0.15) is 49.1 Å². The maximum atomic E-state index is 16.7. The molecular formula is C30H44B5FN4O6. The van der Waals surface area contributed by atoms with E-state index in [1.165, 1.54) is 21.0 Å². The first-order valence-electron chi connectivity index (χ1n) is 15.7. The van der Waals surface area contributed by atoms with E-state index in [2.05, 4.69) is 15.5 Å². The standard InChI is InChI=1S/C30H44B5FN4O6/c1-25(2)15-39(16-26(3,4)46-25)29(33,34)19-11-7-10-18(22(19)36)28(31,32)38-20-12-6-9-17-21(20)30(35,45)40(23(17)42)27(44,13-8-14-41)24(43)37-5/h6-7,9-12,14,38,44-45H,8,13,15-16,31-35H2,1-5H3,(H,37,43). The Balaban J connectivity index is 1.75. The maximum Gasteiger partial charge on any atom is 0.273 e. The topological polar surface area (TPSA) is 131 Å². The van der Waals surface area contributed by atoms with Crippen molar-refractivity contribution in [3.8, 4) is 0 Å². The van der Waals surface area contributed by atoms with E-state index >= 15 is 4.39 Å². The number of likely N-dealkylation sites (N-methyl/N-ethyl adjacent to an activating group) is 1. The second-order valence-corrected chi connectivity index (χ2v) is 14.9. The molecule has 0 spiro atoms. The van der Waals surface area contributed by atoms with Crippen molar-refractivity contribution in [2.75, 3.05) is 25.5 Å². The van der Waals surface area contributed by atoms with Gasteiger partial charge in [-0.05, 0) is 56.3 Å². The molecule has 242 valence electrons. The van der Waals surface area contributed by atoms with Crippen molar-refractivity contribution in [3.63, 3.8) is 0 Å². The van der Waals surface area contributed by atoms with Gasteiger partial charge < -0.3 is 35.3 Å². The molecule has 4 N–H and O–H groups in total. The lowest BCUT2D eigenvalue weighted by atomic mass is 9.53. The molecule has 0 bridgehead atoms.